The molecule has 0 bridgehead atoms. The Morgan fingerprint density at radius 3 is 2.81 bits per heavy atom. The van der Waals surface area contributed by atoms with Gasteiger partial charge in [-0.3, -0.25) is 15.5 Å². The van der Waals surface area contributed by atoms with Crippen LogP contribution in [0.25, 0.3) is 11.3 Å². The molecule has 0 spiro atoms. The molecule has 130 valence electrons. The van der Waals surface area contributed by atoms with Crippen LogP contribution in [0.1, 0.15) is 16.1 Å². The highest BCUT2D eigenvalue weighted by Crippen LogP contribution is 2.22. The summed E-state index contributed by atoms with van der Waals surface area (Å²) in [7, 11) is 0. The Bertz CT molecular complexity index is 979. The molecule has 9 nitrogen and oxygen atoms in total. The number of anilines is 1. The van der Waals surface area contributed by atoms with E-state index in [9.17, 15) is 14.9 Å². The zero-order valence-corrected chi connectivity index (χ0v) is 13.2. The molecule has 3 rings (SSSR count). The van der Waals surface area contributed by atoms with Crippen LogP contribution in [0.15, 0.2) is 64.2 Å². The molecule has 0 amide bonds. The summed E-state index contributed by atoms with van der Waals surface area (Å²) in [4.78, 5) is 24.9. The summed E-state index contributed by atoms with van der Waals surface area (Å²) in [5.74, 6) is 0.269. The lowest BCUT2D eigenvalue weighted by molar-refractivity contribution is -0.385. The smallest absolute Gasteiger partial charge is 0.335 e. The van der Waals surface area contributed by atoms with Gasteiger partial charge in [0.2, 0.25) is 0 Å². The van der Waals surface area contributed by atoms with E-state index in [1.165, 1.54) is 30.5 Å². The zero-order chi connectivity index (χ0) is 18.5. The number of benzene rings is 1. The third-order valence-electron chi connectivity index (χ3n) is 3.35. The topological polar surface area (TPSA) is 131 Å². The SMILES string of the molecule is O=C(O)c1cccc(-c2ccc(/C=N\Nc3ccc([N+](=O)[O-])cn3)o2)c1. The zero-order valence-electron chi connectivity index (χ0n) is 13.2. The van der Waals surface area contributed by atoms with Crippen molar-refractivity contribution in [2.45, 2.75) is 0 Å². The Balaban J connectivity index is 1.68. The number of carbonyl (C=O) groups is 1. The number of carboxylic acid groups (broad SMARTS) is 1. The molecule has 0 saturated carbocycles. The van der Waals surface area contributed by atoms with Gasteiger partial charge in [-0.05, 0) is 30.3 Å². The molecular formula is C17H12N4O5. The number of hydrogen-bond acceptors (Lipinski definition) is 7. The van der Waals surface area contributed by atoms with E-state index < -0.39 is 10.9 Å². The molecule has 0 saturated heterocycles. The van der Waals surface area contributed by atoms with Crippen molar-refractivity contribution in [2.24, 2.45) is 5.10 Å². The summed E-state index contributed by atoms with van der Waals surface area (Å²) in [6, 6.07) is 12.5. The largest absolute Gasteiger partial charge is 0.478 e. The van der Waals surface area contributed by atoms with Gasteiger partial charge in [-0.25, -0.2) is 9.78 Å². The molecule has 3 aromatic rings. The molecule has 0 fully saturated rings. The van der Waals surface area contributed by atoms with Crippen molar-refractivity contribution < 1.29 is 19.2 Å². The van der Waals surface area contributed by atoms with Crippen LogP contribution in [0.3, 0.4) is 0 Å². The Hall–Kier alpha value is -4.01. The van der Waals surface area contributed by atoms with Crippen molar-refractivity contribution in [3.63, 3.8) is 0 Å². The van der Waals surface area contributed by atoms with Gasteiger partial charge in [-0.1, -0.05) is 12.1 Å². The van der Waals surface area contributed by atoms with Crippen molar-refractivity contribution in [1.82, 2.24) is 4.98 Å². The van der Waals surface area contributed by atoms with Gasteiger partial charge < -0.3 is 9.52 Å². The molecule has 2 N–H and O–H groups in total. The average Bonchev–Trinajstić information content (AvgIpc) is 3.11. The molecule has 2 heterocycles. The number of furan rings is 1. The Morgan fingerprint density at radius 1 is 1.27 bits per heavy atom. The predicted octanol–water partition coefficient (Wildman–Crippen LogP) is 3.39. The van der Waals surface area contributed by atoms with Crippen molar-refractivity contribution in [3.05, 3.63) is 76.2 Å². The highest BCUT2D eigenvalue weighted by molar-refractivity contribution is 5.89. The van der Waals surface area contributed by atoms with Crippen LogP contribution in [0, 0.1) is 10.1 Å². The van der Waals surface area contributed by atoms with E-state index in [2.05, 4.69) is 15.5 Å². The van der Waals surface area contributed by atoms with E-state index in [1.807, 2.05) is 0 Å². The van der Waals surface area contributed by atoms with Crippen molar-refractivity contribution in [2.75, 3.05) is 5.43 Å². The minimum atomic E-state index is -1.01. The fourth-order valence-electron chi connectivity index (χ4n) is 2.11. The molecule has 0 aliphatic heterocycles. The lowest BCUT2D eigenvalue weighted by Gasteiger charge is -1.99. The Labute approximate surface area is 146 Å². The molecule has 0 aliphatic carbocycles. The Kier molecular flexibility index (Phi) is 4.70. The maximum atomic E-state index is 11.0. The van der Waals surface area contributed by atoms with Crippen LogP contribution < -0.4 is 5.43 Å². The summed E-state index contributed by atoms with van der Waals surface area (Å²) >= 11 is 0. The second kappa shape index (κ2) is 7.26. The number of nitrogens with one attached hydrogen (secondary N) is 1. The lowest BCUT2D eigenvalue weighted by atomic mass is 10.1. The van der Waals surface area contributed by atoms with Crippen LogP contribution in [-0.2, 0) is 0 Å². The monoisotopic (exact) mass is 352 g/mol. The van der Waals surface area contributed by atoms with E-state index in [-0.39, 0.29) is 11.3 Å². The van der Waals surface area contributed by atoms with E-state index in [0.29, 0.717) is 22.9 Å². The molecular weight excluding hydrogens is 340 g/mol. The number of hydrogen-bond donors (Lipinski definition) is 2. The van der Waals surface area contributed by atoms with Gasteiger partial charge in [0.25, 0.3) is 5.69 Å². The van der Waals surface area contributed by atoms with Crippen molar-refractivity contribution in [1.29, 1.82) is 0 Å². The summed E-state index contributed by atoms with van der Waals surface area (Å²) < 4.78 is 5.60. The number of pyridine rings is 1. The van der Waals surface area contributed by atoms with Gasteiger partial charge in [0.15, 0.2) is 0 Å². The number of nitro groups is 1. The van der Waals surface area contributed by atoms with E-state index in [0.717, 1.165) is 6.20 Å². The van der Waals surface area contributed by atoms with Crippen LogP contribution in [-0.4, -0.2) is 27.2 Å². The van der Waals surface area contributed by atoms with Crippen molar-refractivity contribution >= 4 is 23.7 Å². The molecule has 0 unspecified atom stereocenters. The number of aromatic nitrogens is 1. The molecule has 2 aromatic heterocycles. The van der Waals surface area contributed by atoms with E-state index in [1.54, 1.807) is 24.3 Å². The summed E-state index contributed by atoms with van der Waals surface area (Å²) in [5, 5.41) is 23.5. The molecule has 9 heteroatoms. The lowest BCUT2D eigenvalue weighted by Crippen LogP contribution is -1.95. The molecule has 0 atom stereocenters. The van der Waals surface area contributed by atoms with E-state index in [4.69, 9.17) is 9.52 Å². The van der Waals surface area contributed by atoms with Crippen LogP contribution >= 0.6 is 0 Å². The van der Waals surface area contributed by atoms with Crippen LogP contribution in [0.4, 0.5) is 11.5 Å². The van der Waals surface area contributed by atoms with Gasteiger partial charge in [0.05, 0.1) is 16.7 Å². The first-order valence-corrected chi connectivity index (χ1v) is 7.36. The maximum Gasteiger partial charge on any atom is 0.335 e. The summed E-state index contributed by atoms with van der Waals surface area (Å²) in [6.45, 7) is 0. The first-order chi connectivity index (χ1) is 12.5. The van der Waals surface area contributed by atoms with E-state index >= 15 is 0 Å². The molecule has 0 radical (unpaired) electrons. The third-order valence-corrected chi connectivity index (χ3v) is 3.35. The molecule has 1 aromatic carbocycles. The van der Waals surface area contributed by atoms with Gasteiger partial charge >= 0.3 is 5.97 Å². The first kappa shape index (κ1) is 16.8. The van der Waals surface area contributed by atoms with Gasteiger partial charge in [-0.2, -0.15) is 5.10 Å². The maximum absolute atomic E-state index is 11.0. The highest BCUT2D eigenvalue weighted by atomic mass is 16.6. The number of aromatic carboxylic acids is 1. The second-order valence-electron chi connectivity index (χ2n) is 5.12. The van der Waals surface area contributed by atoms with Gasteiger partial charge in [0, 0.05) is 11.6 Å². The number of carboxylic acids is 1. The first-order valence-electron chi connectivity index (χ1n) is 7.36. The van der Waals surface area contributed by atoms with Crippen LogP contribution in [0.5, 0.6) is 0 Å². The third kappa shape index (κ3) is 3.90. The predicted molar refractivity (Wildman–Crippen MR) is 93.2 cm³/mol. The van der Waals surface area contributed by atoms with Gasteiger partial charge in [-0.15, -0.1) is 0 Å². The minimum absolute atomic E-state index is 0.112. The summed E-state index contributed by atoms with van der Waals surface area (Å²) in [6.07, 6.45) is 2.53. The number of hydrazone groups is 1. The molecule has 26 heavy (non-hydrogen) atoms. The van der Waals surface area contributed by atoms with Crippen molar-refractivity contribution in [3.8, 4) is 11.3 Å². The second-order valence-corrected chi connectivity index (χ2v) is 5.12. The normalized spacial score (nSPS) is 10.8. The number of rotatable bonds is 6. The quantitative estimate of drug-likeness (QED) is 0.395. The standard InChI is InChI=1S/C17H12N4O5/c22-17(23)12-3-1-2-11(8-12)15-6-5-14(26-15)10-19-20-16-7-4-13(9-18-16)21(24)25/h1-10H,(H,18,20)(H,22,23)/b19-10-. The molecule has 0 aliphatic rings. The average molecular weight is 352 g/mol. The van der Waals surface area contributed by atoms with Crippen LogP contribution in [0.2, 0.25) is 0 Å². The minimum Gasteiger partial charge on any atom is -0.478 e. The van der Waals surface area contributed by atoms with Gasteiger partial charge in [0.1, 0.15) is 23.5 Å². The fraction of sp³-hybridized carbons (Fsp3) is 0. The highest BCUT2D eigenvalue weighted by Gasteiger charge is 2.08. The number of nitrogens with zero attached hydrogens (tertiary/aromatic N) is 3. The fourth-order valence-corrected chi connectivity index (χ4v) is 2.11. The summed E-state index contributed by atoms with van der Waals surface area (Å²) in [5.41, 5.74) is 3.32. The Morgan fingerprint density at radius 2 is 2.12 bits per heavy atom.